The number of nitrogens with one attached hydrogen (secondary N) is 1. The van der Waals surface area contributed by atoms with E-state index in [2.05, 4.69) is 35.5 Å². The average molecular weight is 398 g/mol. The highest BCUT2D eigenvalue weighted by atomic mass is 32.1. The van der Waals surface area contributed by atoms with Gasteiger partial charge in [0.2, 0.25) is 5.13 Å². The van der Waals surface area contributed by atoms with Crippen LogP contribution < -0.4 is 10.8 Å². The summed E-state index contributed by atoms with van der Waals surface area (Å²) in [5.74, 6) is 0.784. The van der Waals surface area contributed by atoms with Crippen molar-refractivity contribution in [2.45, 2.75) is 13.3 Å². The molecule has 1 N–H and O–H groups in total. The van der Waals surface area contributed by atoms with Gasteiger partial charge in [0, 0.05) is 17.0 Å². The van der Waals surface area contributed by atoms with Gasteiger partial charge in [0.1, 0.15) is 11.3 Å². The first-order valence-electron chi connectivity index (χ1n) is 9.58. The summed E-state index contributed by atoms with van der Waals surface area (Å²) < 4.78 is 7.32. The molecule has 5 rings (SSSR count). The largest absolute Gasteiger partial charge is 0.456 e. The fourth-order valence-electron chi connectivity index (χ4n) is 3.30. The quantitative estimate of drug-likeness (QED) is 0.367. The normalized spacial score (nSPS) is 12.0. The highest BCUT2D eigenvalue weighted by Crippen LogP contribution is 2.26. The van der Waals surface area contributed by atoms with Crippen LogP contribution in [-0.4, -0.2) is 4.98 Å². The summed E-state index contributed by atoms with van der Waals surface area (Å²) in [5, 5.41) is 7.29. The van der Waals surface area contributed by atoms with E-state index in [4.69, 9.17) is 9.52 Å². The van der Waals surface area contributed by atoms with Crippen LogP contribution in [0.4, 0.5) is 5.13 Å². The number of aryl methyl sites for hydroxylation is 1. The van der Waals surface area contributed by atoms with Crippen molar-refractivity contribution in [3.63, 3.8) is 0 Å². The van der Waals surface area contributed by atoms with Gasteiger partial charge in [-0.3, -0.25) is 5.43 Å². The number of thiazole rings is 1. The van der Waals surface area contributed by atoms with Crippen LogP contribution in [0.5, 0.6) is 0 Å². The molecule has 3 aromatic carbocycles. The minimum atomic E-state index is 0.771. The second kappa shape index (κ2) is 7.53. The Kier molecular flexibility index (Phi) is 4.58. The Balaban J connectivity index is 1.65. The van der Waals surface area contributed by atoms with Gasteiger partial charge < -0.3 is 4.42 Å². The molecule has 0 spiro atoms. The van der Waals surface area contributed by atoms with Crippen LogP contribution in [0.2, 0.25) is 0 Å². The lowest BCUT2D eigenvalue weighted by atomic mass is 10.1. The molecule has 0 bridgehead atoms. The number of hydrogen-bond acceptors (Lipinski definition) is 5. The van der Waals surface area contributed by atoms with E-state index in [1.165, 1.54) is 5.56 Å². The minimum Gasteiger partial charge on any atom is -0.456 e. The molecule has 2 heterocycles. The molecule has 0 aliphatic rings. The van der Waals surface area contributed by atoms with E-state index in [9.17, 15) is 0 Å². The molecule has 0 aliphatic heterocycles. The van der Waals surface area contributed by atoms with Gasteiger partial charge in [0.15, 0.2) is 0 Å². The van der Waals surface area contributed by atoms with E-state index in [0.717, 1.165) is 49.4 Å². The molecule has 2 aromatic heterocycles. The number of para-hydroxylation sites is 1. The van der Waals surface area contributed by atoms with Gasteiger partial charge in [-0.05, 0) is 36.2 Å². The highest BCUT2D eigenvalue weighted by Gasteiger charge is 2.07. The average Bonchev–Trinajstić information content (AvgIpc) is 3.20. The predicted molar refractivity (Wildman–Crippen MR) is 120 cm³/mol. The second-order valence-electron chi connectivity index (χ2n) is 6.76. The second-order valence-corrected chi connectivity index (χ2v) is 7.79. The van der Waals surface area contributed by atoms with Crippen molar-refractivity contribution in [1.82, 2.24) is 4.98 Å². The third kappa shape index (κ3) is 3.52. The molecular formula is C24H19N3OS. The van der Waals surface area contributed by atoms with Gasteiger partial charge in [0.05, 0.1) is 15.6 Å². The van der Waals surface area contributed by atoms with Crippen LogP contribution in [0.3, 0.4) is 0 Å². The summed E-state index contributed by atoms with van der Waals surface area (Å²) in [6, 6.07) is 26.4. The van der Waals surface area contributed by atoms with Crippen molar-refractivity contribution in [2.75, 3.05) is 5.43 Å². The summed E-state index contributed by atoms with van der Waals surface area (Å²) >= 11 is 1.59. The first kappa shape index (κ1) is 17.6. The lowest BCUT2D eigenvalue weighted by Crippen LogP contribution is -2.07. The lowest BCUT2D eigenvalue weighted by molar-refractivity contribution is 0.618. The molecule has 0 saturated carbocycles. The zero-order valence-electron chi connectivity index (χ0n) is 15.9. The van der Waals surface area contributed by atoms with Crippen LogP contribution in [-0.2, 0) is 6.42 Å². The molecule has 29 heavy (non-hydrogen) atoms. The molecular weight excluding hydrogens is 378 g/mol. The van der Waals surface area contributed by atoms with Crippen LogP contribution >= 0.6 is 11.3 Å². The summed E-state index contributed by atoms with van der Waals surface area (Å²) in [7, 11) is 0. The topological polar surface area (TPSA) is 50.4 Å². The zero-order chi connectivity index (χ0) is 19.6. The Morgan fingerprint density at radius 1 is 0.966 bits per heavy atom. The van der Waals surface area contributed by atoms with Crippen molar-refractivity contribution in [3.8, 4) is 11.3 Å². The summed E-state index contributed by atoms with van der Waals surface area (Å²) in [6.07, 6.45) is 0.959. The number of rotatable bonds is 4. The molecule has 0 fully saturated rings. The summed E-state index contributed by atoms with van der Waals surface area (Å²) in [6.45, 7) is 2.15. The van der Waals surface area contributed by atoms with Crippen molar-refractivity contribution in [2.24, 2.45) is 5.10 Å². The minimum absolute atomic E-state index is 0.771. The Bertz CT molecular complexity index is 1340. The van der Waals surface area contributed by atoms with Gasteiger partial charge in [-0.25, -0.2) is 4.98 Å². The predicted octanol–water partition coefficient (Wildman–Crippen LogP) is 6.20. The van der Waals surface area contributed by atoms with E-state index in [0.29, 0.717) is 0 Å². The maximum atomic E-state index is 6.19. The van der Waals surface area contributed by atoms with Crippen molar-refractivity contribution < 1.29 is 4.42 Å². The molecule has 5 aromatic rings. The molecule has 142 valence electrons. The number of hydrogen-bond donors (Lipinski definition) is 1. The first-order valence-corrected chi connectivity index (χ1v) is 10.4. The van der Waals surface area contributed by atoms with Crippen LogP contribution in [0.1, 0.15) is 12.5 Å². The molecule has 0 aliphatic carbocycles. The van der Waals surface area contributed by atoms with Gasteiger partial charge in [-0.2, -0.15) is 5.10 Å². The summed E-state index contributed by atoms with van der Waals surface area (Å²) in [5.41, 5.74) is 7.20. The Labute approximate surface area is 172 Å². The van der Waals surface area contributed by atoms with Gasteiger partial charge >= 0.3 is 0 Å². The Hall–Kier alpha value is -3.44. The smallest absolute Gasteiger partial charge is 0.204 e. The third-order valence-corrected chi connectivity index (χ3v) is 5.78. The molecule has 0 saturated heterocycles. The van der Waals surface area contributed by atoms with E-state index in [1.54, 1.807) is 11.3 Å². The van der Waals surface area contributed by atoms with E-state index in [-0.39, 0.29) is 0 Å². The fraction of sp³-hybridized carbons (Fsp3) is 0.0833. The van der Waals surface area contributed by atoms with Gasteiger partial charge in [-0.1, -0.05) is 66.8 Å². The van der Waals surface area contributed by atoms with E-state index >= 15 is 0 Å². The van der Waals surface area contributed by atoms with Crippen LogP contribution in [0.25, 0.3) is 32.5 Å². The maximum Gasteiger partial charge on any atom is 0.204 e. The van der Waals surface area contributed by atoms with Crippen LogP contribution in [0.15, 0.2) is 88.4 Å². The van der Waals surface area contributed by atoms with E-state index < -0.39 is 0 Å². The highest BCUT2D eigenvalue weighted by molar-refractivity contribution is 7.22. The maximum absolute atomic E-state index is 6.19. The fourth-order valence-corrected chi connectivity index (χ4v) is 4.11. The van der Waals surface area contributed by atoms with Gasteiger partial charge in [-0.15, -0.1) is 0 Å². The number of benzene rings is 3. The number of aromatic nitrogens is 1. The van der Waals surface area contributed by atoms with Crippen LogP contribution in [0, 0.1) is 0 Å². The van der Waals surface area contributed by atoms with Gasteiger partial charge in [0.25, 0.3) is 0 Å². The monoisotopic (exact) mass is 397 g/mol. The Morgan fingerprint density at radius 3 is 2.62 bits per heavy atom. The molecule has 5 heteroatoms. The summed E-state index contributed by atoms with van der Waals surface area (Å²) in [4.78, 5) is 4.61. The number of fused-ring (bicyclic) bond motifs is 2. The third-order valence-electron chi connectivity index (χ3n) is 4.84. The molecule has 0 unspecified atom stereocenters. The standard InChI is InChI=1S/C24H19N3OS/c1-2-16-12-13-21-18(14-16)20(15-22(28-21)17-8-4-3-5-9-17)26-27-24-25-19-10-6-7-11-23(19)29-24/h3-15H,2H2,1H3,(H,25,27)/b26-20-. The number of nitrogens with zero attached hydrogens (tertiary/aromatic N) is 2. The first-order chi connectivity index (χ1) is 14.3. The molecule has 0 atom stereocenters. The Morgan fingerprint density at radius 2 is 1.79 bits per heavy atom. The van der Waals surface area contributed by atoms with E-state index in [1.807, 2.05) is 60.7 Å². The SMILES string of the molecule is CCc1ccc2oc(-c3ccccc3)c/c(=N/Nc3nc4ccccc4s3)c2c1. The zero-order valence-corrected chi connectivity index (χ0v) is 16.7. The molecule has 0 radical (unpaired) electrons. The van der Waals surface area contributed by atoms with Crippen molar-refractivity contribution >= 4 is 37.7 Å². The van der Waals surface area contributed by atoms with Crippen molar-refractivity contribution in [1.29, 1.82) is 0 Å². The number of anilines is 1. The molecule has 0 amide bonds. The lowest BCUT2D eigenvalue weighted by Gasteiger charge is -2.06. The van der Waals surface area contributed by atoms with Crippen molar-refractivity contribution in [3.05, 3.63) is 89.8 Å². The molecule has 4 nitrogen and oxygen atoms in total.